The molecule has 0 fully saturated rings. The second kappa shape index (κ2) is 6.44. The molecule has 0 spiro atoms. The maximum absolute atomic E-state index is 12.0. The van der Waals surface area contributed by atoms with Gasteiger partial charge in [-0.3, -0.25) is 9.48 Å². The summed E-state index contributed by atoms with van der Waals surface area (Å²) in [6, 6.07) is 10.5. The fraction of sp³-hybridized carbons (Fsp3) is 0.444. The highest BCUT2D eigenvalue weighted by atomic mass is 16.5. The highest BCUT2D eigenvalue weighted by Crippen LogP contribution is 2.36. The molecule has 2 aromatic rings. The second-order valence-electron chi connectivity index (χ2n) is 6.23. The number of carbonyl (C=O) groups is 1. The van der Waals surface area contributed by atoms with Crippen molar-refractivity contribution in [1.82, 2.24) is 9.78 Å². The summed E-state index contributed by atoms with van der Waals surface area (Å²) in [5.74, 6) is -0.318. The van der Waals surface area contributed by atoms with Gasteiger partial charge in [0.1, 0.15) is 0 Å². The molecule has 3 rings (SSSR count). The van der Waals surface area contributed by atoms with E-state index in [4.69, 9.17) is 4.74 Å². The summed E-state index contributed by atoms with van der Waals surface area (Å²) < 4.78 is 6.93. The quantitative estimate of drug-likeness (QED) is 0.814. The van der Waals surface area contributed by atoms with Crippen LogP contribution in [0.4, 0.5) is 5.69 Å². The zero-order chi connectivity index (χ0) is 16.4. The summed E-state index contributed by atoms with van der Waals surface area (Å²) in [7, 11) is 1.45. The third-order valence-electron chi connectivity index (χ3n) is 4.37. The molecule has 0 saturated heterocycles. The van der Waals surface area contributed by atoms with Crippen molar-refractivity contribution in [2.45, 2.75) is 38.8 Å². The Morgan fingerprint density at radius 3 is 2.83 bits per heavy atom. The maximum atomic E-state index is 12.0. The van der Waals surface area contributed by atoms with E-state index in [2.05, 4.69) is 36.0 Å². The van der Waals surface area contributed by atoms with E-state index >= 15 is 0 Å². The summed E-state index contributed by atoms with van der Waals surface area (Å²) in [6.45, 7) is 5.82. The summed E-state index contributed by atoms with van der Waals surface area (Å²) >= 11 is 0. The summed E-state index contributed by atoms with van der Waals surface area (Å²) in [5.41, 5.74) is 3.20. The van der Waals surface area contributed by atoms with Crippen LogP contribution in [0.5, 0.6) is 0 Å². The van der Waals surface area contributed by atoms with Crippen molar-refractivity contribution in [3.63, 3.8) is 0 Å². The van der Waals surface area contributed by atoms with E-state index in [0.717, 1.165) is 36.5 Å². The van der Waals surface area contributed by atoms with Gasteiger partial charge >= 0.3 is 5.97 Å². The molecule has 1 aliphatic rings. The predicted octanol–water partition coefficient (Wildman–Crippen LogP) is 3.13. The van der Waals surface area contributed by atoms with E-state index in [0.29, 0.717) is 6.04 Å². The first-order chi connectivity index (χ1) is 11.1. The molecule has 5 nitrogen and oxygen atoms in total. The van der Waals surface area contributed by atoms with Crippen LogP contribution in [0, 0.1) is 0 Å². The highest BCUT2D eigenvalue weighted by molar-refractivity contribution is 5.81. The molecule has 1 aliphatic heterocycles. The van der Waals surface area contributed by atoms with E-state index in [-0.39, 0.29) is 11.9 Å². The van der Waals surface area contributed by atoms with Gasteiger partial charge in [-0.25, -0.2) is 0 Å². The molecular weight excluding hydrogens is 290 g/mol. The lowest BCUT2D eigenvalue weighted by Gasteiger charge is -2.34. The number of benzene rings is 1. The zero-order valence-electron chi connectivity index (χ0n) is 13.9. The van der Waals surface area contributed by atoms with Gasteiger partial charge in [0.15, 0.2) is 0 Å². The first-order valence-corrected chi connectivity index (χ1v) is 8.06. The Morgan fingerprint density at radius 2 is 2.13 bits per heavy atom. The molecule has 0 aliphatic carbocycles. The SMILES string of the molecule is COC(=O)[C@H]1CCN(Cc2ccn(C(C)C)n2)c2ccccc21. The Bertz CT molecular complexity index is 693. The Kier molecular flexibility index (Phi) is 4.37. The number of ether oxygens (including phenoxy) is 1. The van der Waals surface area contributed by atoms with Gasteiger partial charge < -0.3 is 9.64 Å². The molecule has 0 saturated carbocycles. The van der Waals surface area contributed by atoms with E-state index in [1.54, 1.807) is 0 Å². The minimum atomic E-state index is -0.166. The lowest BCUT2D eigenvalue weighted by Crippen LogP contribution is -2.33. The fourth-order valence-electron chi connectivity index (χ4n) is 3.13. The number of carbonyl (C=O) groups excluding carboxylic acids is 1. The van der Waals surface area contributed by atoms with Crippen LogP contribution in [0.3, 0.4) is 0 Å². The van der Waals surface area contributed by atoms with Gasteiger partial charge in [0.2, 0.25) is 0 Å². The number of hydrogen-bond acceptors (Lipinski definition) is 4. The van der Waals surface area contributed by atoms with E-state index in [1.165, 1.54) is 7.11 Å². The van der Waals surface area contributed by atoms with Crippen molar-refractivity contribution in [3.05, 3.63) is 47.8 Å². The van der Waals surface area contributed by atoms with Gasteiger partial charge in [-0.05, 0) is 38.0 Å². The molecule has 1 aromatic heterocycles. The molecule has 1 atom stereocenters. The predicted molar refractivity (Wildman–Crippen MR) is 89.5 cm³/mol. The normalized spacial score (nSPS) is 17.2. The fourth-order valence-corrected chi connectivity index (χ4v) is 3.13. The van der Waals surface area contributed by atoms with Crippen LogP contribution < -0.4 is 4.90 Å². The smallest absolute Gasteiger partial charge is 0.313 e. The van der Waals surface area contributed by atoms with Crippen LogP contribution in [0.25, 0.3) is 0 Å². The number of fused-ring (bicyclic) bond motifs is 1. The minimum absolute atomic E-state index is 0.152. The average Bonchev–Trinajstić information content (AvgIpc) is 3.03. The molecule has 122 valence electrons. The van der Waals surface area contributed by atoms with Gasteiger partial charge in [-0.2, -0.15) is 5.10 Å². The van der Waals surface area contributed by atoms with Crippen molar-refractivity contribution in [3.8, 4) is 0 Å². The van der Waals surface area contributed by atoms with Crippen molar-refractivity contribution in [1.29, 1.82) is 0 Å². The molecule has 1 aromatic carbocycles. The minimum Gasteiger partial charge on any atom is -0.469 e. The largest absolute Gasteiger partial charge is 0.469 e. The maximum Gasteiger partial charge on any atom is 0.313 e. The van der Waals surface area contributed by atoms with Crippen LogP contribution in [0.15, 0.2) is 36.5 Å². The zero-order valence-corrected chi connectivity index (χ0v) is 13.9. The first-order valence-electron chi connectivity index (χ1n) is 8.06. The molecule has 23 heavy (non-hydrogen) atoms. The average molecular weight is 313 g/mol. The van der Waals surface area contributed by atoms with Crippen LogP contribution in [-0.4, -0.2) is 29.4 Å². The Balaban J connectivity index is 1.84. The van der Waals surface area contributed by atoms with E-state index < -0.39 is 0 Å². The van der Waals surface area contributed by atoms with Gasteiger partial charge in [0, 0.05) is 24.5 Å². The molecule has 0 N–H and O–H groups in total. The molecule has 2 heterocycles. The van der Waals surface area contributed by atoms with Gasteiger partial charge in [-0.15, -0.1) is 0 Å². The van der Waals surface area contributed by atoms with Crippen molar-refractivity contribution >= 4 is 11.7 Å². The Hall–Kier alpha value is -2.30. The Morgan fingerprint density at radius 1 is 1.35 bits per heavy atom. The van der Waals surface area contributed by atoms with Gasteiger partial charge in [0.25, 0.3) is 0 Å². The topological polar surface area (TPSA) is 47.4 Å². The first kappa shape index (κ1) is 15.6. The number of para-hydroxylation sites is 1. The number of anilines is 1. The molecule has 0 unspecified atom stereocenters. The lowest BCUT2D eigenvalue weighted by molar-refractivity contribution is -0.142. The number of hydrogen-bond donors (Lipinski definition) is 0. The van der Waals surface area contributed by atoms with Crippen LogP contribution in [0.1, 0.15) is 43.5 Å². The molecule has 0 amide bonds. The summed E-state index contributed by atoms with van der Waals surface area (Å²) in [6.07, 6.45) is 2.79. The van der Waals surface area contributed by atoms with Crippen molar-refractivity contribution in [2.24, 2.45) is 0 Å². The van der Waals surface area contributed by atoms with Gasteiger partial charge in [0.05, 0.1) is 25.3 Å². The number of nitrogens with zero attached hydrogens (tertiary/aromatic N) is 3. The number of aromatic nitrogens is 2. The standard InChI is InChI=1S/C18H23N3O2/c1-13(2)21-11-8-14(19-21)12-20-10-9-16(18(22)23-3)15-6-4-5-7-17(15)20/h4-8,11,13,16H,9-10,12H2,1-3H3/t16-/m0/s1. The number of rotatable bonds is 4. The number of esters is 1. The summed E-state index contributed by atoms with van der Waals surface area (Å²) in [4.78, 5) is 14.3. The van der Waals surface area contributed by atoms with E-state index in [1.807, 2.05) is 29.1 Å². The van der Waals surface area contributed by atoms with Gasteiger partial charge in [-0.1, -0.05) is 18.2 Å². The summed E-state index contributed by atoms with van der Waals surface area (Å²) in [5, 5.41) is 4.63. The lowest BCUT2D eigenvalue weighted by atomic mass is 9.90. The molecule has 0 radical (unpaired) electrons. The Labute approximate surface area is 136 Å². The monoisotopic (exact) mass is 313 g/mol. The third-order valence-corrected chi connectivity index (χ3v) is 4.37. The second-order valence-corrected chi connectivity index (χ2v) is 6.23. The van der Waals surface area contributed by atoms with Crippen LogP contribution >= 0.6 is 0 Å². The van der Waals surface area contributed by atoms with Crippen LogP contribution in [-0.2, 0) is 16.1 Å². The third kappa shape index (κ3) is 3.09. The van der Waals surface area contributed by atoms with Crippen molar-refractivity contribution < 1.29 is 9.53 Å². The van der Waals surface area contributed by atoms with Crippen molar-refractivity contribution in [2.75, 3.05) is 18.6 Å². The molecule has 0 bridgehead atoms. The van der Waals surface area contributed by atoms with E-state index in [9.17, 15) is 4.79 Å². The molecule has 5 heteroatoms. The number of methoxy groups -OCH3 is 1. The van der Waals surface area contributed by atoms with Crippen LogP contribution in [0.2, 0.25) is 0 Å². The molecular formula is C18H23N3O2. The highest BCUT2D eigenvalue weighted by Gasteiger charge is 2.30.